The Morgan fingerprint density at radius 1 is 1.46 bits per heavy atom. The third kappa shape index (κ3) is 3.08. The average molecular weight is 197 g/mol. The Morgan fingerprint density at radius 2 is 2.00 bits per heavy atom. The van der Waals surface area contributed by atoms with Crippen molar-refractivity contribution < 1.29 is 9.90 Å². The minimum atomic E-state index is -0.576. The maximum Gasteiger partial charge on any atom is 0.202 e. The Hall–Kier alpha value is -1.000. The molecule has 1 aromatic rings. The summed E-state index contributed by atoms with van der Waals surface area (Å²) in [5, 5.41) is 8.66. The van der Waals surface area contributed by atoms with Gasteiger partial charge >= 0.3 is 0 Å². The number of hydrogen-bond acceptors (Lipinski definition) is 3. The van der Waals surface area contributed by atoms with Crippen LogP contribution in [-0.4, -0.2) is 16.3 Å². The number of phenols is 1. The highest BCUT2D eigenvalue weighted by Crippen LogP contribution is 2.11. The van der Waals surface area contributed by atoms with E-state index in [0.29, 0.717) is 6.42 Å². The molecule has 0 amide bonds. The normalized spacial score (nSPS) is 12.5. The lowest BCUT2D eigenvalue weighted by Gasteiger charge is -2.06. The minimum Gasteiger partial charge on any atom is -0.508 e. The molecule has 0 saturated heterocycles. The van der Waals surface area contributed by atoms with E-state index in [-0.39, 0.29) is 10.9 Å². The van der Waals surface area contributed by atoms with Crippen LogP contribution in [0.3, 0.4) is 0 Å². The highest BCUT2D eigenvalue weighted by atomic mass is 32.1. The van der Waals surface area contributed by atoms with Gasteiger partial charge in [-0.25, -0.2) is 0 Å². The van der Waals surface area contributed by atoms with E-state index in [0.717, 1.165) is 5.56 Å². The van der Waals surface area contributed by atoms with Gasteiger partial charge in [0, 0.05) is 0 Å². The van der Waals surface area contributed by atoms with Crippen molar-refractivity contribution in [3.05, 3.63) is 29.8 Å². The van der Waals surface area contributed by atoms with Crippen LogP contribution in [0.15, 0.2) is 24.3 Å². The molecular formula is C9H11NO2S. The van der Waals surface area contributed by atoms with Crippen LogP contribution in [0.1, 0.15) is 5.56 Å². The van der Waals surface area contributed by atoms with Crippen molar-refractivity contribution in [1.29, 1.82) is 0 Å². The van der Waals surface area contributed by atoms with Gasteiger partial charge in [-0.1, -0.05) is 12.1 Å². The van der Waals surface area contributed by atoms with Crippen LogP contribution in [0.25, 0.3) is 0 Å². The number of hydrogen-bond donors (Lipinski definition) is 3. The van der Waals surface area contributed by atoms with E-state index in [2.05, 4.69) is 12.6 Å². The fourth-order valence-electron chi connectivity index (χ4n) is 0.973. The number of rotatable bonds is 3. The topological polar surface area (TPSA) is 63.3 Å². The SMILES string of the molecule is N[C@@H](Cc1ccc(O)cc1)C(=O)S. The van der Waals surface area contributed by atoms with E-state index >= 15 is 0 Å². The van der Waals surface area contributed by atoms with Gasteiger partial charge in [-0.15, -0.1) is 12.6 Å². The molecule has 1 atom stereocenters. The van der Waals surface area contributed by atoms with Crippen molar-refractivity contribution in [1.82, 2.24) is 0 Å². The summed E-state index contributed by atoms with van der Waals surface area (Å²) in [5.41, 5.74) is 6.41. The molecule has 0 aliphatic heterocycles. The van der Waals surface area contributed by atoms with Gasteiger partial charge in [0.2, 0.25) is 5.12 Å². The van der Waals surface area contributed by atoms with Crippen LogP contribution >= 0.6 is 12.6 Å². The van der Waals surface area contributed by atoms with Crippen molar-refractivity contribution in [3.8, 4) is 5.75 Å². The second-order valence-corrected chi connectivity index (χ2v) is 3.26. The second-order valence-electron chi connectivity index (χ2n) is 2.82. The summed E-state index contributed by atoms with van der Waals surface area (Å²) in [6.07, 6.45) is 0.447. The quantitative estimate of drug-likeness (QED) is 0.626. The molecule has 0 aliphatic carbocycles. The molecule has 0 bridgehead atoms. The predicted molar refractivity (Wildman–Crippen MR) is 53.8 cm³/mol. The average Bonchev–Trinajstić information content (AvgIpc) is 2.08. The van der Waals surface area contributed by atoms with Gasteiger partial charge in [-0.3, -0.25) is 4.79 Å². The van der Waals surface area contributed by atoms with E-state index in [9.17, 15) is 4.79 Å². The molecule has 0 fully saturated rings. The standard InChI is InChI=1S/C9H11NO2S/c10-8(9(12)13)5-6-1-3-7(11)4-2-6/h1-4,8,11H,5,10H2,(H,12,13)/t8-/m0/s1. The Morgan fingerprint density at radius 3 is 2.46 bits per heavy atom. The molecular weight excluding hydrogens is 186 g/mol. The molecule has 0 radical (unpaired) electrons. The first-order valence-electron chi connectivity index (χ1n) is 3.86. The molecule has 4 heteroatoms. The summed E-state index contributed by atoms with van der Waals surface area (Å²) in [6, 6.07) is 6.00. The van der Waals surface area contributed by atoms with Gasteiger partial charge < -0.3 is 10.8 Å². The number of thiol groups is 1. The highest BCUT2D eigenvalue weighted by Gasteiger charge is 2.09. The fraction of sp³-hybridized carbons (Fsp3) is 0.222. The number of carbonyl (C=O) groups excluding carboxylic acids is 1. The molecule has 0 spiro atoms. The van der Waals surface area contributed by atoms with Crippen LogP contribution in [0, 0.1) is 0 Å². The van der Waals surface area contributed by atoms with E-state index in [1.807, 2.05) is 0 Å². The molecule has 0 aliphatic rings. The van der Waals surface area contributed by atoms with Gasteiger partial charge in [0.1, 0.15) is 5.75 Å². The Bertz CT molecular complexity index is 297. The van der Waals surface area contributed by atoms with Gasteiger partial charge in [0.05, 0.1) is 6.04 Å². The molecule has 0 aromatic heterocycles. The summed E-state index contributed by atoms with van der Waals surface area (Å²) in [5.74, 6) is 0.203. The predicted octanol–water partition coefficient (Wildman–Crippen LogP) is 0.718. The van der Waals surface area contributed by atoms with Crippen LogP contribution in [0.4, 0.5) is 0 Å². The van der Waals surface area contributed by atoms with Crippen molar-refractivity contribution in [3.63, 3.8) is 0 Å². The van der Waals surface area contributed by atoms with E-state index in [4.69, 9.17) is 10.8 Å². The number of phenolic OH excluding ortho intramolecular Hbond substituents is 1. The molecule has 1 rings (SSSR count). The van der Waals surface area contributed by atoms with Crippen LogP contribution in [-0.2, 0) is 11.2 Å². The first-order chi connectivity index (χ1) is 6.09. The summed E-state index contributed by atoms with van der Waals surface area (Å²) in [6.45, 7) is 0. The number of nitrogens with two attached hydrogens (primary N) is 1. The molecule has 3 N–H and O–H groups in total. The van der Waals surface area contributed by atoms with Gasteiger partial charge in [-0.05, 0) is 24.1 Å². The fourth-order valence-corrected chi connectivity index (χ4v) is 1.06. The maximum atomic E-state index is 10.7. The number of benzene rings is 1. The largest absolute Gasteiger partial charge is 0.508 e. The zero-order valence-corrected chi connectivity index (χ0v) is 7.87. The molecule has 0 unspecified atom stereocenters. The third-order valence-electron chi connectivity index (χ3n) is 1.71. The summed E-state index contributed by atoms with van der Waals surface area (Å²) in [7, 11) is 0. The lowest BCUT2D eigenvalue weighted by atomic mass is 10.1. The Labute approximate surface area is 82.0 Å². The van der Waals surface area contributed by atoms with Gasteiger partial charge in [0.25, 0.3) is 0 Å². The van der Waals surface area contributed by atoms with Gasteiger partial charge in [-0.2, -0.15) is 0 Å². The lowest BCUT2D eigenvalue weighted by Crippen LogP contribution is -2.29. The van der Waals surface area contributed by atoms with Crippen LogP contribution < -0.4 is 5.73 Å². The second kappa shape index (κ2) is 4.30. The first-order valence-corrected chi connectivity index (χ1v) is 4.30. The van der Waals surface area contributed by atoms with Gasteiger partial charge in [0.15, 0.2) is 0 Å². The molecule has 0 saturated carbocycles. The van der Waals surface area contributed by atoms with E-state index < -0.39 is 6.04 Å². The summed E-state index contributed by atoms with van der Waals surface area (Å²) >= 11 is 3.63. The molecule has 3 nitrogen and oxygen atoms in total. The zero-order chi connectivity index (χ0) is 9.84. The van der Waals surface area contributed by atoms with Crippen molar-refractivity contribution in [2.24, 2.45) is 5.73 Å². The molecule has 70 valence electrons. The summed E-state index contributed by atoms with van der Waals surface area (Å²) < 4.78 is 0. The van der Waals surface area contributed by atoms with E-state index in [1.54, 1.807) is 24.3 Å². The maximum absolute atomic E-state index is 10.7. The van der Waals surface area contributed by atoms with Crippen LogP contribution in [0.5, 0.6) is 5.75 Å². The molecule has 1 aromatic carbocycles. The third-order valence-corrected chi connectivity index (χ3v) is 2.04. The minimum absolute atomic E-state index is 0.203. The zero-order valence-electron chi connectivity index (χ0n) is 6.97. The van der Waals surface area contributed by atoms with Crippen molar-refractivity contribution >= 4 is 17.7 Å². The monoisotopic (exact) mass is 197 g/mol. The van der Waals surface area contributed by atoms with E-state index in [1.165, 1.54) is 0 Å². The molecule has 0 heterocycles. The Balaban J connectivity index is 2.64. The lowest BCUT2D eigenvalue weighted by molar-refractivity contribution is -0.111. The highest BCUT2D eigenvalue weighted by molar-refractivity contribution is 7.96. The molecule has 13 heavy (non-hydrogen) atoms. The van der Waals surface area contributed by atoms with Crippen molar-refractivity contribution in [2.45, 2.75) is 12.5 Å². The smallest absolute Gasteiger partial charge is 0.202 e. The summed E-state index contributed by atoms with van der Waals surface area (Å²) in [4.78, 5) is 10.7. The number of aromatic hydroxyl groups is 1. The Kier molecular flexibility index (Phi) is 3.33. The first kappa shape index (κ1) is 10.1. The van der Waals surface area contributed by atoms with Crippen molar-refractivity contribution in [2.75, 3.05) is 0 Å². The number of carbonyl (C=O) groups is 1. The van der Waals surface area contributed by atoms with Crippen LogP contribution in [0.2, 0.25) is 0 Å².